The molecule has 0 aromatic carbocycles. The average molecular weight is 335 g/mol. The number of hydrogen-bond acceptors (Lipinski definition) is 5. The van der Waals surface area contributed by atoms with Crippen LogP contribution in [-0.4, -0.2) is 71.4 Å². The number of aromatic nitrogens is 1. The Labute approximate surface area is 143 Å². The number of aliphatic imine (C=N–C) groups is 1. The molecule has 1 aromatic rings. The van der Waals surface area contributed by atoms with Gasteiger partial charge in [0.25, 0.3) is 0 Å². The molecule has 0 radical (unpaired) electrons. The largest absolute Gasteiger partial charge is 0.393 e. The lowest BCUT2D eigenvalue weighted by Crippen LogP contribution is -2.52. The van der Waals surface area contributed by atoms with Crippen molar-refractivity contribution in [3.05, 3.63) is 18.0 Å². The van der Waals surface area contributed by atoms with Crippen LogP contribution in [0.1, 0.15) is 31.9 Å². The smallest absolute Gasteiger partial charge is 0.194 e. The number of hydrogen-bond donors (Lipinski definition) is 2. The lowest BCUT2D eigenvalue weighted by Gasteiger charge is -2.36. The highest BCUT2D eigenvalue weighted by atomic mass is 16.5. The number of nitrogens with zero attached hydrogens (tertiary/aromatic N) is 4. The summed E-state index contributed by atoms with van der Waals surface area (Å²) in [6, 6.07) is 1.92. The second kappa shape index (κ2) is 8.48. The van der Waals surface area contributed by atoms with Crippen LogP contribution in [0.4, 0.5) is 0 Å². The molecule has 0 bridgehead atoms. The molecule has 3 rings (SSSR count). The van der Waals surface area contributed by atoms with E-state index in [4.69, 9.17) is 9.52 Å². The van der Waals surface area contributed by atoms with Crippen LogP contribution in [0, 0.1) is 5.92 Å². The van der Waals surface area contributed by atoms with Gasteiger partial charge in [0, 0.05) is 57.8 Å². The lowest BCUT2D eigenvalue weighted by molar-refractivity contribution is 0.136. The quantitative estimate of drug-likeness (QED) is 0.615. The van der Waals surface area contributed by atoms with Gasteiger partial charge in [0.2, 0.25) is 0 Å². The fraction of sp³-hybridized carbons (Fsp3) is 0.765. The van der Waals surface area contributed by atoms with Gasteiger partial charge >= 0.3 is 0 Å². The topological polar surface area (TPSA) is 77.1 Å². The number of guanidine groups is 1. The summed E-state index contributed by atoms with van der Waals surface area (Å²) in [6.45, 7) is 8.42. The van der Waals surface area contributed by atoms with E-state index in [1.165, 1.54) is 0 Å². The van der Waals surface area contributed by atoms with E-state index in [0.29, 0.717) is 5.92 Å². The number of rotatable bonds is 5. The van der Waals surface area contributed by atoms with Crippen LogP contribution in [-0.2, 0) is 6.54 Å². The highest BCUT2D eigenvalue weighted by Gasteiger charge is 2.26. The van der Waals surface area contributed by atoms with Gasteiger partial charge in [-0.1, -0.05) is 11.6 Å². The third-order valence-corrected chi connectivity index (χ3v) is 4.98. The zero-order valence-electron chi connectivity index (χ0n) is 14.5. The van der Waals surface area contributed by atoms with E-state index >= 15 is 0 Å². The Bertz CT molecular complexity index is 511. The van der Waals surface area contributed by atoms with Crippen LogP contribution in [0.2, 0.25) is 0 Å². The summed E-state index contributed by atoms with van der Waals surface area (Å²) >= 11 is 0. The van der Waals surface area contributed by atoms with E-state index in [1.54, 1.807) is 6.26 Å². The van der Waals surface area contributed by atoms with Gasteiger partial charge in [0.05, 0.1) is 11.8 Å². The van der Waals surface area contributed by atoms with Gasteiger partial charge in [-0.05, 0) is 19.8 Å². The molecule has 1 saturated carbocycles. The molecule has 24 heavy (non-hydrogen) atoms. The second-order valence-corrected chi connectivity index (χ2v) is 6.71. The maximum atomic E-state index is 9.98. The number of aliphatic hydroxyl groups excluding tert-OH is 1. The molecule has 7 nitrogen and oxygen atoms in total. The van der Waals surface area contributed by atoms with Crippen molar-refractivity contribution in [1.82, 2.24) is 20.3 Å². The van der Waals surface area contributed by atoms with Crippen molar-refractivity contribution in [2.45, 2.75) is 38.8 Å². The van der Waals surface area contributed by atoms with Crippen LogP contribution in [0.15, 0.2) is 21.8 Å². The van der Waals surface area contributed by atoms with Gasteiger partial charge in [-0.25, -0.2) is 0 Å². The fourth-order valence-corrected chi connectivity index (χ4v) is 3.53. The van der Waals surface area contributed by atoms with Gasteiger partial charge in [-0.15, -0.1) is 0 Å². The van der Waals surface area contributed by atoms with Gasteiger partial charge in [0.1, 0.15) is 6.26 Å². The minimum Gasteiger partial charge on any atom is -0.393 e. The lowest BCUT2D eigenvalue weighted by atomic mass is 10.1. The molecule has 1 aliphatic carbocycles. The highest BCUT2D eigenvalue weighted by Crippen LogP contribution is 2.25. The van der Waals surface area contributed by atoms with Crippen molar-refractivity contribution < 1.29 is 9.63 Å². The normalized spacial score (nSPS) is 26.1. The van der Waals surface area contributed by atoms with E-state index in [9.17, 15) is 5.11 Å². The Morgan fingerprint density at radius 2 is 2.21 bits per heavy atom. The summed E-state index contributed by atoms with van der Waals surface area (Å²) in [4.78, 5) is 9.51. The molecule has 2 aliphatic rings. The molecule has 2 atom stereocenters. The van der Waals surface area contributed by atoms with Crippen LogP contribution < -0.4 is 5.32 Å². The zero-order valence-corrected chi connectivity index (χ0v) is 14.5. The maximum absolute atomic E-state index is 9.98. The molecule has 2 N–H and O–H groups in total. The van der Waals surface area contributed by atoms with E-state index in [-0.39, 0.29) is 6.10 Å². The first-order valence-electron chi connectivity index (χ1n) is 9.09. The predicted octanol–water partition coefficient (Wildman–Crippen LogP) is 0.919. The van der Waals surface area contributed by atoms with Crippen molar-refractivity contribution in [1.29, 1.82) is 0 Å². The molecule has 7 heteroatoms. The monoisotopic (exact) mass is 335 g/mol. The molecule has 2 heterocycles. The van der Waals surface area contributed by atoms with Crippen molar-refractivity contribution in [2.24, 2.45) is 10.9 Å². The fourth-order valence-electron chi connectivity index (χ4n) is 3.53. The Morgan fingerprint density at radius 3 is 2.83 bits per heavy atom. The first kappa shape index (κ1) is 17.2. The van der Waals surface area contributed by atoms with Crippen LogP contribution in [0.3, 0.4) is 0 Å². The Morgan fingerprint density at radius 1 is 1.38 bits per heavy atom. The summed E-state index contributed by atoms with van der Waals surface area (Å²) in [6.07, 6.45) is 4.60. The molecular weight excluding hydrogens is 306 g/mol. The summed E-state index contributed by atoms with van der Waals surface area (Å²) in [7, 11) is 0. The SMILES string of the molecule is CCNC(=NCC1CCCC1O)N1CCN(Cc2ccon2)CC1. The molecule has 1 aliphatic heterocycles. The van der Waals surface area contributed by atoms with E-state index in [0.717, 1.165) is 76.7 Å². The minimum atomic E-state index is -0.170. The molecule has 134 valence electrons. The zero-order chi connectivity index (χ0) is 16.8. The molecular formula is C17H29N5O2. The van der Waals surface area contributed by atoms with Crippen molar-refractivity contribution in [3.63, 3.8) is 0 Å². The molecule has 0 amide bonds. The van der Waals surface area contributed by atoms with Crippen molar-refractivity contribution in [2.75, 3.05) is 39.3 Å². The Balaban J connectivity index is 1.51. The van der Waals surface area contributed by atoms with Crippen molar-refractivity contribution >= 4 is 5.96 Å². The second-order valence-electron chi connectivity index (χ2n) is 6.71. The highest BCUT2D eigenvalue weighted by molar-refractivity contribution is 5.80. The summed E-state index contributed by atoms with van der Waals surface area (Å²) in [5.74, 6) is 1.31. The third-order valence-electron chi connectivity index (χ3n) is 4.98. The van der Waals surface area contributed by atoms with Gasteiger partial charge in [0.15, 0.2) is 5.96 Å². The molecule has 1 saturated heterocycles. The Kier molecular flexibility index (Phi) is 6.09. The van der Waals surface area contributed by atoms with Crippen molar-refractivity contribution in [3.8, 4) is 0 Å². The standard InChI is InChI=1S/C17H29N5O2/c1-2-18-17(19-12-14-4-3-5-16(14)23)22-9-7-21(8-10-22)13-15-6-11-24-20-15/h6,11,14,16,23H,2-5,7-10,12-13H2,1H3,(H,18,19). The summed E-state index contributed by atoms with van der Waals surface area (Å²) in [5.41, 5.74) is 0.985. The average Bonchev–Trinajstić information content (AvgIpc) is 3.24. The molecule has 2 fully saturated rings. The Hall–Kier alpha value is -1.60. The summed E-state index contributed by atoms with van der Waals surface area (Å²) in [5, 5.41) is 17.4. The van der Waals surface area contributed by atoms with Gasteiger partial charge in [-0.2, -0.15) is 0 Å². The van der Waals surface area contributed by atoms with Crippen LogP contribution >= 0.6 is 0 Å². The van der Waals surface area contributed by atoms with E-state index < -0.39 is 0 Å². The number of piperazine rings is 1. The number of nitrogens with one attached hydrogen (secondary N) is 1. The first-order chi connectivity index (χ1) is 11.8. The third kappa shape index (κ3) is 4.48. The summed E-state index contributed by atoms with van der Waals surface area (Å²) < 4.78 is 4.90. The maximum Gasteiger partial charge on any atom is 0.194 e. The minimum absolute atomic E-state index is 0.170. The molecule has 1 aromatic heterocycles. The van der Waals surface area contributed by atoms with Crippen LogP contribution in [0.25, 0.3) is 0 Å². The first-order valence-corrected chi connectivity index (χ1v) is 9.09. The van der Waals surface area contributed by atoms with Gasteiger partial charge in [-0.3, -0.25) is 9.89 Å². The van der Waals surface area contributed by atoms with E-state index in [2.05, 4.69) is 27.2 Å². The van der Waals surface area contributed by atoms with Gasteiger partial charge < -0.3 is 19.8 Å². The van der Waals surface area contributed by atoms with E-state index in [1.807, 2.05) is 6.07 Å². The molecule has 0 spiro atoms. The van der Waals surface area contributed by atoms with Crippen LogP contribution in [0.5, 0.6) is 0 Å². The predicted molar refractivity (Wildman–Crippen MR) is 92.7 cm³/mol. The molecule has 2 unspecified atom stereocenters. The number of aliphatic hydroxyl groups is 1.